The molecule has 0 aromatic carbocycles. The van der Waals surface area contributed by atoms with Crippen LogP contribution in [-0.2, 0) is 7.05 Å². The first-order valence-electron chi connectivity index (χ1n) is 2.76. The van der Waals surface area contributed by atoms with E-state index in [1.165, 1.54) is 10.9 Å². The van der Waals surface area contributed by atoms with Crippen molar-refractivity contribution in [1.29, 1.82) is 0 Å². The maximum Gasteiger partial charge on any atom is 0.493 e. The van der Waals surface area contributed by atoms with Crippen LogP contribution in [-0.4, -0.2) is 26.9 Å². The van der Waals surface area contributed by atoms with E-state index in [-0.39, 0.29) is 11.3 Å². The van der Waals surface area contributed by atoms with Crippen LogP contribution in [0.15, 0.2) is 6.20 Å². The summed E-state index contributed by atoms with van der Waals surface area (Å²) < 4.78 is 1.42. The van der Waals surface area contributed by atoms with Crippen LogP contribution >= 0.6 is 0 Å². The minimum atomic E-state index is -1.53. The van der Waals surface area contributed by atoms with Gasteiger partial charge < -0.3 is 15.8 Å². The van der Waals surface area contributed by atoms with Gasteiger partial charge in [0.15, 0.2) is 0 Å². The second-order valence-corrected chi connectivity index (χ2v) is 2.02. The summed E-state index contributed by atoms with van der Waals surface area (Å²) in [6.45, 7) is 0. The molecule has 0 fully saturated rings. The standard InChI is InChI=1S/C4H8BN3O2/c1-8-2-3(5(9)10)4(6)7-8/h2,9-10H,1H3,(H2,6,7). The number of aryl methyl sites for hydroxylation is 1. The summed E-state index contributed by atoms with van der Waals surface area (Å²) >= 11 is 0. The fraction of sp³-hybridized carbons (Fsp3) is 0.250. The molecule has 1 aromatic rings. The first-order valence-corrected chi connectivity index (χ1v) is 2.76. The van der Waals surface area contributed by atoms with Gasteiger partial charge in [-0.1, -0.05) is 0 Å². The van der Waals surface area contributed by atoms with E-state index in [2.05, 4.69) is 5.10 Å². The molecule has 0 saturated heterocycles. The molecule has 54 valence electrons. The number of nitrogen functional groups attached to an aromatic ring is 1. The van der Waals surface area contributed by atoms with Crippen LogP contribution in [0.1, 0.15) is 0 Å². The largest absolute Gasteiger partial charge is 0.493 e. The van der Waals surface area contributed by atoms with Gasteiger partial charge in [0.1, 0.15) is 5.82 Å². The highest BCUT2D eigenvalue weighted by molar-refractivity contribution is 6.60. The predicted molar refractivity (Wildman–Crippen MR) is 37.4 cm³/mol. The molecule has 6 heteroatoms. The summed E-state index contributed by atoms with van der Waals surface area (Å²) in [5.41, 5.74) is 5.53. The lowest BCUT2D eigenvalue weighted by molar-refractivity contribution is 0.426. The number of rotatable bonds is 1. The molecule has 0 unspecified atom stereocenters. The van der Waals surface area contributed by atoms with Gasteiger partial charge in [-0.05, 0) is 0 Å². The number of aromatic nitrogens is 2. The fourth-order valence-electron chi connectivity index (χ4n) is 0.723. The van der Waals surface area contributed by atoms with Crippen molar-refractivity contribution >= 4 is 18.4 Å². The summed E-state index contributed by atoms with van der Waals surface area (Å²) in [6, 6.07) is 0. The fourth-order valence-corrected chi connectivity index (χ4v) is 0.723. The highest BCUT2D eigenvalue weighted by Gasteiger charge is 2.16. The van der Waals surface area contributed by atoms with Gasteiger partial charge in [-0.25, -0.2) is 0 Å². The Balaban J connectivity index is 3.03. The normalized spacial score (nSPS) is 9.90. The van der Waals surface area contributed by atoms with Crippen LogP contribution in [0.4, 0.5) is 5.82 Å². The van der Waals surface area contributed by atoms with Crippen molar-refractivity contribution in [2.24, 2.45) is 7.05 Å². The Morgan fingerprint density at radius 3 is 2.50 bits per heavy atom. The van der Waals surface area contributed by atoms with Gasteiger partial charge in [-0.2, -0.15) is 5.10 Å². The van der Waals surface area contributed by atoms with Gasteiger partial charge in [0.05, 0.1) is 0 Å². The minimum absolute atomic E-state index is 0.150. The van der Waals surface area contributed by atoms with Gasteiger partial charge >= 0.3 is 7.12 Å². The average molecular weight is 141 g/mol. The molecule has 1 aromatic heterocycles. The number of anilines is 1. The third kappa shape index (κ3) is 1.12. The average Bonchev–Trinajstić information content (AvgIpc) is 2.10. The Bertz CT molecular complexity index is 234. The van der Waals surface area contributed by atoms with E-state index in [1.807, 2.05) is 0 Å². The van der Waals surface area contributed by atoms with Gasteiger partial charge in [-0.3, -0.25) is 4.68 Å². The Labute approximate surface area is 58.2 Å². The van der Waals surface area contributed by atoms with Gasteiger partial charge in [0.25, 0.3) is 0 Å². The molecule has 4 N–H and O–H groups in total. The number of nitrogens with two attached hydrogens (primary N) is 1. The molecule has 0 bridgehead atoms. The van der Waals surface area contributed by atoms with Crippen molar-refractivity contribution in [3.05, 3.63) is 6.20 Å². The van der Waals surface area contributed by atoms with E-state index in [0.717, 1.165) is 0 Å². The van der Waals surface area contributed by atoms with E-state index < -0.39 is 7.12 Å². The lowest BCUT2D eigenvalue weighted by atomic mass is 9.82. The summed E-state index contributed by atoms with van der Waals surface area (Å²) in [6.07, 6.45) is 1.46. The summed E-state index contributed by atoms with van der Waals surface area (Å²) in [5, 5.41) is 21.0. The third-order valence-electron chi connectivity index (χ3n) is 1.17. The molecule has 0 amide bonds. The molecule has 10 heavy (non-hydrogen) atoms. The maximum absolute atomic E-state index is 8.64. The molecule has 0 saturated carbocycles. The molecule has 1 heterocycles. The van der Waals surface area contributed by atoms with Crippen molar-refractivity contribution in [1.82, 2.24) is 9.78 Å². The molecular formula is C4H8BN3O2. The third-order valence-corrected chi connectivity index (χ3v) is 1.17. The van der Waals surface area contributed by atoms with Gasteiger partial charge in [-0.15, -0.1) is 0 Å². The second-order valence-electron chi connectivity index (χ2n) is 2.02. The Morgan fingerprint density at radius 1 is 1.70 bits per heavy atom. The Morgan fingerprint density at radius 2 is 2.30 bits per heavy atom. The first kappa shape index (κ1) is 7.11. The van der Waals surface area contributed by atoms with Crippen LogP contribution in [0.5, 0.6) is 0 Å². The van der Waals surface area contributed by atoms with Crippen molar-refractivity contribution in [3.8, 4) is 0 Å². The topological polar surface area (TPSA) is 84.3 Å². The zero-order chi connectivity index (χ0) is 7.72. The quantitative estimate of drug-likeness (QED) is 0.383. The zero-order valence-corrected chi connectivity index (χ0v) is 5.52. The summed E-state index contributed by atoms with van der Waals surface area (Å²) in [7, 11) is 0.121. The first-order chi connectivity index (χ1) is 4.61. The Hall–Kier alpha value is -1.01. The van der Waals surface area contributed by atoms with Crippen molar-refractivity contribution in [3.63, 3.8) is 0 Å². The van der Waals surface area contributed by atoms with Gasteiger partial charge in [0, 0.05) is 18.7 Å². The molecule has 0 aliphatic rings. The smallest absolute Gasteiger partial charge is 0.423 e. The lowest BCUT2D eigenvalue weighted by Crippen LogP contribution is -2.30. The van der Waals surface area contributed by atoms with Crippen molar-refractivity contribution in [2.45, 2.75) is 0 Å². The van der Waals surface area contributed by atoms with E-state index in [9.17, 15) is 0 Å². The maximum atomic E-state index is 8.64. The molecule has 1 rings (SSSR count). The molecule has 0 aliphatic carbocycles. The molecule has 0 aliphatic heterocycles. The van der Waals surface area contributed by atoms with Gasteiger partial charge in [0.2, 0.25) is 0 Å². The highest BCUT2D eigenvalue weighted by atomic mass is 16.4. The minimum Gasteiger partial charge on any atom is -0.423 e. The van der Waals surface area contributed by atoms with Crippen LogP contribution in [0.25, 0.3) is 0 Å². The molecular weight excluding hydrogens is 133 g/mol. The SMILES string of the molecule is Cn1cc(B(O)O)c(N)n1. The highest BCUT2D eigenvalue weighted by Crippen LogP contribution is 1.91. The zero-order valence-electron chi connectivity index (χ0n) is 5.52. The Kier molecular flexibility index (Phi) is 1.65. The predicted octanol–water partition coefficient (Wildman–Crippen LogP) is -2.32. The van der Waals surface area contributed by atoms with Crippen molar-refractivity contribution < 1.29 is 10.0 Å². The van der Waals surface area contributed by atoms with Crippen LogP contribution < -0.4 is 11.2 Å². The second kappa shape index (κ2) is 2.32. The lowest BCUT2D eigenvalue weighted by Gasteiger charge is -1.91. The van der Waals surface area contributed by atoms with Crippen molar-refractivity contribution in [2.75, 3.05) is 5.73 Å². The van der Waals surface area contributed by atoms with E-state index in [0.29, 0.717) is 0 Å². The summed E-state index contributed by atoms with van der Waals surface area (Å²) in [4.78, 5) is 0. The monoisotopic (exact) mass is 141 g/mol. The number of nitrogens with zero attached hydrogens (tertiary/aromatic N) is 2. The van der Waals surface area contributed by atoms with Crippen LogP contribution in [0.2, 0.25) is 0 Å². The molecule has 0 radical (unpaired) electrons. The number of hydrogen-bond acceptors (Lipinski definition) is 4. The molecule has 0 spiro atoms. The molecule has 0 atom stereocenters. The summed E-state index contributed by atoms with van der Waals surface area (Å²) in [5.74, 6) is 0.150. The molecule has 5 nitrogen and oxygen atoms in total. The van der Waals surface area contributed by atoms with E-state index >= 15 is 0 Å². The van der Waals surface area contributed by atoms with E-state index in [1.54, 1.807) is 7.05 Å². The number of hydrogen-bond donors (Lipinski definition) is 3. The van der Waals surface area contributed by atoms with Crippen LogP contribution in [0, 0.1) is 0 Å². The van der Waals surface area contributed by atoms with Crippen LogP contribution in [0.3, 0.4) is 0 Å². The van der Waals surface area contributed by atoms with E-state index in [4.69, 9.17) is 15.8 Å².